The van der Waals surface area contributed by atoms with Crippen LogP contribution in [0.3, 0.4) is 0 Å². The number of hydrogen-bond donors (Lipinski definition) is 2. The second kappa shape index (κ2) is 3.81. The molecule has 1 atom stereocenters. The minimum Gasteiger partial charge on any atom is -0.387 e. The Morgan fingerprint density at radius 3 is 2.71 bits per heavy atom. The first kappa shape index (κ1) is 10.4. The Kier molecular flexibility index (Phi) is 2.84. The molecule has 1 aliphatic rings. The largest absolute Gasteiger partial charge is 0.387 e. The van der Waals surface area contributed by atoms with Crippen molar-refractivity contribution in [1.29, 1.82) is 0 Å². The minimum absolute atomic E-state index is 0.103. The smallest absolute Gasteiger partial charge is 0.0964 e. The predicted molar refractivity (Wildman–Crippen MR) is 59.6 cm³/mol. The summed E-state index contributed by atoms with van der Waals surface area (Å²) in [6.07, 6.45) is 2.71. The molecule has 1 heterocycles. The second-order valence-electron chi connectivity index (χ2n) is 3.96. The fourth-order valence-corrected chi connectivity index (χ4v) is 3.28. The summed E-state index contributed by atoms with van der Waals surface area (Å²) in [5, 5.41) is 12.8. The minimum atomic E-state index is -0.478. The third-order valence-corrected chi connectivity index (χ3v) is 4.64. The Balaban J connectivity index is 2.22. The molecule has 0 amide bonds. The molecule has 2 rings (SSSR count). The van der Waals surface area contributed by atoms with E-state index in [1.54, 1.807) is 0 Å². The van der Waals surface area contributed by atoms with Gasteiger partial charge in [-0.3, -0.25) is 0 Å². The number of nitrogens with two attached hydrogens (primary N) is 1. The first-order chi connectivity index (χ1) is 6.69. The van der Waals surface area contributed by atoms with Gasteiger partial charge < -0.3 is 10.8 Å². The van der Waals surface area contributed by atoms with Crippen LogP contribution in [0, 0.1) is 5.41 Å². The Morgan fingerprint density at radius 1 is 1.64 bits per heavy atom. The van der Waals surface area contributed by atoms with E-state index < -0.39 is 6.10 Å². The van der Waals surface area contributed by atoms with Crippen molar-refractivity contribution in [1.82, 2.24) is 0 Å². The van der Waals surface area contributed by atoms with Gasteiger partial charge in [0, 0.05) is 12.0 Å². The highest BCUT2D eigenvalue weighted by Crippen LogP contribution is 2.51. The molecule has 1 aromatic rings. The maximum Gasteiger partial charge on any atom is 0.0964 e. The molecule has 0 aliphatic heterocycles. The summed E-state index contributed by atoms with van der Waals surface area (Å²) in [6, 6.07) is 1.83. The third-order valence-electron chi connectivity index (χ3n) is 3.23. The van der Waals surface area contributed by atoms with E-state index in [2.05, 4.69) is 0 Å². The molecular formula is C10H14ClNOS. The molecular weight excluding hydrogens is 218 g/mol. The zero-order chi connectivity index (χ0) is 10.2. The summed E-state index contributed by atoms with van der Waals surface area (Å²) >= 11 is 7.50. The molecule has 0 saturated heterocycles. The lowest BCUT2D eigenvalue weighted by atomic mass is 9.65. The van der Waals surface area contributed by atoms with Crippen molar-refractivity contribution in [2.24, 2.45) is 11.1 Å². The normalized spacial score (nSPS) is 21.6. The van der Waals surface area contributed by atoms with Crippen LogP contribution >= 0.6 is 22.9 Å². The fourth-order valence-electron chi connectivity index (χ4n) is 2.00. The lowest BCUT2D eigenvalue weighted by Crippen LogP contribution is -2.42. The second-order valence-corrected chi connectivity index (χ2v) is 5.31. The fraction of sp³-hybridized carbons (Fsp3) is 0.600. The van der Waals surface area contributed by atoms with Gasteiger partial charge in [0.2, 0.25) is 0 Å². The van der Waals surface area contributed by atoms with Gasteiger partial charge in [-0.1, -0.05) is 18.0 Å². The van der Waals surface area contributed by atoms with Gasteiger partial charge in [0.15, 0.2) is 0 Å². The summed E-state index contributed by atoms with van der Waals surface area (Å²) < 4.78 is 0. The predicted octanol–water partition coefficient (Wildman–Crippen LogP) is 2.56. The highest BCUT2D eigenvalue weighted by molar-refractivity contribution is 7.10. The SMILES string of the molecule is NCC1(C(O)c2sccc2Cl)CCC1. The van der Waals surface area contributed by atoms with E-state index in [4.69, 9.17) is 17.3 Å². The summed E-state index contributed by atoms with van der Waals surface area (Å²) in [5.41, 5.74) is 5.62. The number of rotatable bonds is 3. The van der Waals surface area contributed by atoms with E-state index in [1.165, 1.54) is 11.3 Å². The van der Waals surface area contributed by atoms with Gasteiger partial charge in [-0.25, -0.2) is 0 Å². The zero-order valence-corrected chi connectivity index (χ0v) is 9.44. The van der Waals surface area contributed by atoms with Crippen molar-refractivity contribution < 1.29 is 5.11 Å². The van der Waals surface area contributed by atoms with Gasteiger partial charge >= 0.3 is 0 Å². The van der Waals surface area contributed by atoms with Crippen molar-refractivity contribution in [3.05, 3.63) is 21.3 Å². The summed E-state index contributed by atoms with van der Waals surface area (Å²) in [7, 11) is 0. The summed E-state index contributed by atoms with van der Waals surface area (Å²) in [5.74, 6) is 0. The third kappa shape index (κ3) is 1.48. The van der Waals surface area contributed by atoms with E-state index in [9.17, 15) is 5.11 Å². The van der Waals surface area contributed by atoms with E-state index in [-0.39, 0.29) is 5.41 Å². The Hall–Kier alpha value is -0.0900. The van der Waals surface area contributed by atoms with Crippen LogP contribution in [0.25, 0.3) is 0 Å². The average Bonchev–Trinajstić information content (AvgIpc) is 2.50. The number of thiophene rings is 1. The maximum atomic E-state index is 10.2. The molecule has 1 aromatic heterocycles. The Morgan fingerprint density at radius 2 is 2.36 bits per heavy atom. The van der Waals surface area contributed by atoms with Crippen molar-refractivity contribution >= 4 is 22.9 Å². The molecule has 2 nitrogen and oxygen atoms in total. The zero-order valence-electron chi connectivity index (χ0n) is 7.87. The van der Waals surface area contributed by atoms with Crippen molar-refractivity contribution in [3.63, 3.8) is 0 Å². The number of aliphatic hydroxyl groups is 1. The van der Waals surface area contributed by atoms with Gasteiger partial charge in [-0.15, -0.1) is 11.3 Å². The maximum absolute atomic E-state index is 10.2. The van der Waals surface area contributed by atoms with Crippen molar-refractivity contribution in [2.75, 3.05) is 6.54 Å². The number of hydrogen-bond acceptors (Lipinski definition) is 3. The molecule has 1 aliphatic carbocycles. The molecule has 3 N–H and O–H groups in total. The average molecular weight is 232 g/mol. The molecule has 1 fully saturated rings. The first-order valence-electron chi connectivity index (χ1n) is 4.81. The summed E-state index contributed by atoms with van der Waals surface area (Å²) in [6.45, 7) is 0.544. The standard InChI is InChI=1S/C10H14ClNOS/c11-7-2-5-14-8(7)9(13)10(6-12)3-1-4-10/h2,5,9,13H,1,3-4,6,12H2. The van der Waals surface area contributed by atoms with E-state index in [0.29, 0.717) is 11.6 Å². The van der Waals surface area contributed by atoms with Gasteiger partial charge in [-0.05, 0) is 24.3 Å². The van der Waals surface area contributed by atoms with Gasteiger partial charge in [0.1, 0.15) is 0 Å². The van der Waals surface area contributed by atoms with Crippen LogP contribution in [0.1, 0.15) is 30.2 Å². The van der Waals surface area contributed by atoms with Gasteiger partial charge in [0.05, 0.1) is 16.0 Å². The topological polar surface area (TPSA) is 46.2 Å². The van der Waals surface area contributed by atoms with Crippen LogP contribution in [0.15, 0.2) is 11.4 Å². The molecule has 78 valence electrons. The van der Waals surface area contributed by atoms with Crippen LogP contribution in [0.5, 0.6) is 0 Å². The monoisotopic (exact) mass is 231 g/mol. The molecule has 1 saturated carbocycles. The first-order valence-corrected chi connectivity index (χ1v) is 6.06. The van der Waals surface area contributed by atoms with Crippen LogP contribution in [-0.2, 0) is 0 Å². The molecule has 1 unspecified atom stereocenters. The van der Waals surface area contributed by atoms with Gasteiger partial charge in [0.25, 0.3) is 0 Å². The van der Waals surface area contributed by atoms with Crippen LogP contribution < -0.4 is 5.73 Å². The van der Waals surface area contributed by atoms with Crippen LogP contribution in [0.4, 0.5) is 0 Å². The highest BCUT2D eigenvalue weighted by Gasteiger charge is 2.43. The number of halogens is 1. The van der Waals surface area contributed by atoms with Crippen LogP contribution in [-0.4, -0.2) is 11.7 Å². The highest BCUT2D eigenvalue weighted by atomic mass is 35.5. The molecule has 0 radical (unpaired) electrons. The lowest BCUT2D eigenvalue weighted by Gasteiger charge is -2.44. The quantitative estimate of drug-likeness (QED) is 0.840. The lowest BCUT2D eigenvalue weighted by molar-refractivity contribution is -0.0274. The summed E-state index contributed by atoms with van der Waals surface area (Å²) in [4.78, 5) is 0.872. The molecule has 14 heavy (non-hydrogen) atoms. The van der Waals surface area contributed by atoms with Crippen molar-refractivity contribution in [2.45, 2.75) is 25.4 Å². The molecule has 0 spiro atoms. The Labute approximate surface area is 92.7 Å². The van der Waals surface area contributed by atoms with E-state index in [0.717, 1.165) is 24.1 Å². The van der Waals surface area contributed by atoms with Gasteiger partial charge in [-0.2, -0.15) is 0 Å². The number of aliphatic hydroxyl groups excluding tert-OH is 1. The molecule has 0 bridgehead atoms. The van der Waals surface area contributed by atoms with Crippen LogP contribution in [0.2, 0.25) is 5.02 Å². The van der Waals surface area contributed by atoms with Crippen molar-refractivity contribution in [3.8, 4) is 0 Å². The van der Waals surface area contributed by atoms with E-state index in [1.807, 2.05) is 11.4 Å². The molecule has 0 aromatic carbocycles. The van der Waals surface area contributed by atoms with E-state index >= 15 is 0 Å². The Bertz CT molecular complexity index is 316. The molecule has 4 heteroatoms.